The Hall–Kier alpha value is -1.97. The van der Waals surface area contributed by atoms with E-state index in [1.165, 1.54) is 10.5 Å². The molecule has 2 heterocycles. The summed E-state index contributed by atoms with van der Waals surface area (Å²) in [6, 6.07) is 20.2. The Bertz CT molecular complexity index is 840. The zero-order valence-electron chi connectivity index (χ0n) is 12.3. The van der Waals surface area contributed by atoms with Crippen LogP contribution in [0.2, 0.25) is 5.02 Å². The number of fused-ring (bicyclic) bond motifs is 1. The Morgan fingerprint density at radius 3 is 2.61 bits per heavy atom. The third-order valence-electron chi connectivity index (χ3n) is 3.82. The maximum Gasteiger partial charge on any atom is 0.148 e. The topological polar surface area (TPSA) is 25.5 Å². The molecule has 2 aromatic carbocycles. The zero-order chi connectivity index (χ0) is 15.6. The second-order valence-corrected chi connectivity index (χ2v) is 7.05. The van der Waals surface area contributed by atoms with Crippen molar-refractivity contribution in [1.29, 1.82) is 0 Å². The first kappa shape index (κ1) is 14.6. The van der Waals surface area contributed by atoms with Crippen molar-refractivity contribution < 1.29 is 4.42 Å². The summed E-state index contributed by atoms with van der Waals surface area (Å²) >= 11 is 7.87. The van der Waals surface area contributed by atoms with E-state index in [4.69, 9.17) is 21.0 Å². The number of thioether (sulfide) groups is 1. The number of halogens is 1. The van der Waals surface area contributed by atoms with E-state index in [2.05, 4.69) is 30.3 Å². The summed E-state index contributed by atoms with van der Waals surface area (Å²) in [7, 11) is 0. The predicted octanol–water partition coefficient (Wildman–Crippen LogP) is 6.29. The number of para-hydroxylation sites is 1. The molecule has 1 atom stereocenters. The van der Waals surface area contributed by atoms with Crippen molar-refractivity contribution >= 4 is 34.8 Å². The summed E-state index contributed by atoms with van der Waals surface area (Å²) in [4.78, 5) is 6.04. The average molecular weight is 340 g/mol. The molecule has 2 nitrogen and oxygen atoms in total. The molecule has 0 amide bonds. The molecule has 4 heteroatoms. The van der Waals surface area contributed by atoms with Gasteiger partial charge in [0.1, 0.15) is 5.76 Å². The van der Waals surface area contributed by atoms with Crippen LogP contribution in [0.25, 0.3) is 0 Å². The van der Waals surface area contributed by atoms with Gasteiger partial charge in [-0.3, -0.25) is 0 Å². The second-order valence-electron chi connectivity index (χ2n) is 5.37. The number of nitrogens with zero attached hydrogens (tertiary/aromatic N) is 1. The maximum absolute atomic E-state index is 6.03. The van der Waals surface area contributed by atoms with Crippen molar-refractivity contribution in [1.82, 2.24) is 0 Å². The molecule has 1 aromatic heterocycles. The summed E-state index contributed by atoms with van der Waals surface area (Å²) in [6.07, 6.45) is 2.51. The predicted molar refractivity (Wildman–Crippen MR) is 96.0 cm³/mol. The van der Waals surface area contributed by atoms with Crippen molar-refractivity contribution in [3.05, 3.63) is 83.3 Å². The third kappa shape index (κ3) is 3.07. The maximum atomic E-state index is 6.03. The fourth-order valence-electron chi connectivity index (χ4n) is 2.67. The van der Waals surface area contributed by atoms with Gasteiger partial charge in [-0.15, -0.1) is 11.8 Å². The van der Waals surface area contributed by atoms with E-state index < -0.39 is 0 Å². The lowest BCUT2D eigenvalue weighted by Gasteiger charge is -2.15. The van der Waals surface area contributed by atoms with Crippen LogP contribution in [0.4, 0.5) is 5.69 Å². The van der Waals surface area contributed by atoms with Crippen molar-refractivity contribution in [2.45, 2.75) is 16.6 Å². The van der Waals surface area contributed by atoms with Gasteiger partial charge in [0, 0.05) is 21.6 Å². The van der Waals surface area contributed by atoms with Gasteiger partial charge in [-0.05, 0) is 42.0 Å². The summed E-state index contributed by atoms with van der Waals surface area (Å²) in [5.74, 6) is 0.835. The molecule has 114 valence electrons. The Labute approximate surface area is 144 Å². The van der Waals surface area contributed by atoms with E-state index in [0.717, 1.165) is 28.6 Å². The molecule has 1 aliphatic rings. The van der Waals surface area contributed by atoms with Gasteiger partial charge in [0.05, 0.1) is 17.7 Å². The van der Waals surface area contributed by atoms with Gasteiger partial charge in [-0.1, -0.05) is 35.9 Å². The fourth-order valence-corrected chi connectivity index (χ4v) is 4.03. The lowest BCUT2D eigenvalue weighted by Crippen LogP contribution is -2.04. The summed E-state index contributed by atoms with van der Waals surface area (Å²) < 4.78 is 5.59. The SMILES string of the molecule is Clc1ccc([C@H]2CC(c3ccco3)=Nc3ccccc3S2)cc1. The van der Waals surface area contributed by atoms with Crippen LogP contribution in [0.15, 0.2) is 81.2 Å². The lowest BCUT2D eigenvalue weighted by atomic mass is 10.1. The third-order valence-corrected chi connectivity index (χ3v) is 5.39. The van der Waals surface area contributed by atoms with E-state index >= 15 is 0 Å². The van der Waals surface area contributed by atoms with Crippen molar-refractivity contribution in [3.8, 4) is 0 Å². The van der Waals surface area contributed by atoms with Gasteiger partial charge in [-0.2, -0.15) is 0 Å². The van der Waals surface area contributed by atoms with E-state index in [9.17, 15) is 0 Å². The molecule has 0 saturated heterocycles. The highest BCUT2D eigenvalue weighted by Crippen LogP contribution is 2.45. The Morgan fingerprint density at radius 1 is 1.00 bits per heavy atom. The Balaban J connectivity index is 1.78. The molecule has 1 aliphatic heterocycles. The van der Waals surface area contributed by atoms with Crippen LogP contribution in [0.3, 0.4) is 0 Å². The number of aliphatic imine (C=N–C) groups is 1. The van der Waals surface area contributed by atoms with Crippen LogP contribution in [-0.2, 0) is 0 Å². The fraction of sp³-hybridized carbons (Fsp3) is 0.105. The van der Waals surface area contributed by atoms with E-state index in [0.29, 0.717) is 0 Å². The van der Waals surface area contributed by atoms with Crippen LogP contribution in [0.1, 0.15) is 23.0 Å². The largest absolute Gasteiger partial charge is 0.463 e. The number of rotatable bonds is 2. The van der Waals surface area contributed by atoms with Crippen molar-refractivity contribution in [2.75, 3.05) is 0 Å². The van der Waals surface area contributed by atoms with Crippen LogP contribution in [0.5, 0.6) is 0 Å². The number of hydrogen-bond donors (Lipinski definition) is 0. The number of furan rings is 1. The van der Waals surface area contributed by atoms with Gasteiger partial charge in [-0.25, -0.2) is 4.99 Å². The first-order valence-electron chi connectivity index (χ1n) is 7.42. The van der Waals surface area contributed by atoms with Crippen molar-refractivity contribution in [2.24, 2.45) is 4.99 Å². The number of hydrogen-bond acceptors (Lipinski definition) is 3. The molecule has 0 spiro atoms. The van der Waals surface area contributed by atoms with E-state index in [-0.39, 0.29) is 5.25 Å². The molecule has 0 fully saturated rings. The smallest absolute Gasteiger partial charge is 0.148 e. The number of benzene rings is 2. The molecule has 0 N–H and O–H groups in total. The molecular weight excluding hydrogens is 326 g/mol. The monoisotopic (exact) mass is 339 g/mol. The minimum atomic E-state index is 0.278. The molecule has 0 saturated carbocycles. The highest BCUT2D eigenvalue weighted by Gasteiger charge is 2.23. The van der Waals surface area contributed by atoms with Gasteiger partial charge < -0.3 is 4.42 Å². The van der Waals surface area contributed by atoms with Gasteiger partial charge in [0.25, 0.3) is 0 Å². The molecule has 23 heavy (non-hydrogen) atoms. The quantitative estimate of drug-likeness (QED) is 0.548. The standard InChI is InChI=1S/C19H14ClNOS/c20-14-9-7-13(8-10-14)19-12-16(17-5-3-11-22-17)21-15-4-1-2-6-18(15)23-19/h1-11,19H,12H2/t19-/m1/s1. The van der Waals surface area contributed by atoms with Gasteiger partial charge >= 0.3 is 0 Å². The minimum absolute atomic E-state index is 0.278. The molecular formula is C19H14ClNOS. The van der Waals surface area contributed by atoms with Crippen LogP contribution >= 0.6 is 23.4 Å². The minimum Gasteiger partial charge on any atom is -0.463 e. The Morgan fingerprint density at radius 2 is 1.83 bits per heavy atom. The summed E-state index contributed by atoms with van der Waals surface area (Å²) in [6.45, 7) is 0. The molecule has 0 radical (unpaired) electrons. The normalized spacial score (nSPS) is 17.3. The van der Waals surface area contributed by atoms with E-state index in [1.54, 1.807) is 6.26 Å². The molecule has 0 aliphatic carbocycles. The summed E-state index contributed by atoms with van der Waals surface area (Å²) in [5.41, 5.74) is 3.23. The molecule has 0 unspecified atom stereocenters. The van der Waals surface area contributed by atoms with Crippen LogP contribution in [-0.4, -0.2) is 5.71 Å². The Kier molecular flexibility index (Phi) is 3.98. The van der Waals surface area contributed by atoms with Gasteiger partial charge in [0.2, 0.25) is 0 Å². The lowest BCUT2D eigenvalue weighted by molar-refractivity contribution is 0.555. The average Bonchev–Trinajstić information content (AvgIpc) is 3.03. The highest BCUT2D eigenvalue weighted by molar-refractivity contribution is 7.99. The van der Waals surface area contributed by atoms with Crippen LogP contribution < -0.4 is 0 Å². The first-order valence-corrected chi connectivity index (χ1v) is 8.68. The molecule has 4 rings (SSSR count). The highest BCUT2D eigenvalue weighted by atomic mass is 35.5. The molecule has 0 bridgehead atoms. The van der Waals surface area contributed by atoms with Crippen LogP contribution in [0, 0.1) is 0 Å². The molecule has 3 aromatic rings. The first-order chi connectivity index (χ1) is 11.3. The zero-order valence-corrected chi connectivity index (χ0v) is 13.8. The van der Waals surface area contributed by atoms with Crippen molar-refractivity contribution in [3.63, 3.8) is 0 Å². The summed E-state index contributed by atoms with van der Waals surface area (Å²) in [5, 5.41) is 1.03. The second kappa shape index (κ2) is 6.26. The van der Waals surface area contributed by atoms with E-state index in [1.807, 2.05) is 42.1 Å². The van der Waals surface area contributed by atoms with Gasteiger partial charge in [0.15, 0.2) is 0 Å².